The minimum absolute atomic E-state index is 0.332. The molecule has 0 unspecified atom stereocenters. The van der Waals surface area contributed by atoms with Crippen LogP contribution in [0.1, 0.15) is 23.2 Å². The molecule has 1 fully saturated rings. The molecule has 0 saturated carbocycles. The van der Waals surface area contributed by atoms with Crippen molar-refractivity contribution in [3.8, 4) is 0 Å². The molecule has 2 aromatic rings. The van der Waals surface area contributed by atoms with Crippen LogP contribution in [0, 0.1) is 0 Å². The van der Waals surface area contributed by atoms with Crippen LogP contribution < -0.4 is 11.2 Å². The van der Waals surface area contributed by atoms with E-state index in [-0.39, 0.29) is 11.2 Å². The van der Waals surface area contributed by atoms with Crippen LogP contribution in [0.5, 0.6) is 0 Å². The maximum atomic E-state index is 13.1. The van der Waals surface area contributed by atoms with Gasteiger partial charge in [0.2, 0.25) is 10.0 Å². The van der Waals surface area contributed by atoms with Gasteiger partial charge in [0.05, 0.1) is 4.90 Å². The minimum atomic E-state index is -3.51. The monoisotopic (exact) mass is 418 g/mol. The summed E-state index contributed by atoms with van der Waals surface area (Å²) in [6.45, 7) is 2.31. The van der Waals surface area contributed by atoms with Gasteiger partial charge in [-0.25, -0.2) is 13.2 Å². The van der Waals surface area contributed by atoms with Crippen LogP contribution in [0.3, 0.4) is 0 Å². The molecule has 29 heavy (non-hydrogen) atoms. The molecule has 1 aliphatic carbocycles. The number of fused-ring (bicyclic) bond motifs is 1. The molecule has 1 aromatic carbocycles. The number of nitrogens with zero attached hydrogens (tertiary/aromatic N) is 4. The van der Waals surface area contributed by atoms with Crippen LogP contribution in [-0.4, -0.2) is 52.9 Å². The third-order valence-electron chi connectivity index (χ3n) is 6.05. The highest BCUT2D eigenvalue weighted by Crippen LogP contribution is 2.26. The molecule has 1 aromatic heterocycles. The van der Waals surface area contributed by atoms with Gasteiger partial charge in [-0.15, -0.1) is 0 Å². The topological polar surface area (TPSA) is 84.6 Å². The molecule has 4 rings (SSSR count). The first-order chi connectivity index (χ1) is 13.8. The SMILES string of the molecule is Cn1c(CN2CCN(S(=O)(=O)c3ccc4c(c3)CCC4)CC2)cc(=O)n(C)c1=O. The predicted octanol–water partition coefficient (Wildman–Crippen LogP) is 0.0792. The smallest absolute Gasteiger partial charge is 0.299 e. The highest BCUT2D eigenvalue weighted by atomic mass is 32.2. The summed E-state index contributed by atoms with van der Waals surface area (Å²) in [5.74, 6) is 0. The Hall–Kier alpha value is -2.23. The van der Waals surface area contributed by atoms with Crippen LogP contribution >= 0.6 is 0 Å². The van der Waals surface area contributed by atoms with Gasteiger partial charge in [0.15, 0.2) is 0 Å². The van der Waals surface area contributed by atoms with E-state index in [1.807, 2.05) is 12.1 Å². The van der Waals surface area contributed by atoms with Crippen molar-refractivity contribution in [2.24, 2.45) is 14.1 Å². The Labute approximate surface area is 170 Å². The number of sulfonamides is 1. The maximum absolute atomic E-state index is 13.1. The molecule has 9 heteroatoms. The molecule has 0 spiro atoms. The molecule has 0 amide bonds. The van der Waals surface area contributed by atoms with E-state index in [1.54, 1.807) is 13.1 Å². The molecule has 2 heterocycles. The van der Waals surface area contributed by atoms with Crippen LogP contribution in [-0.2, 0) is 43.5 Å². The zero-order chi connectivity index (χ0) is 20.8. The van der Waals surface area contributed by atoms with E-state index in [2.05, 4.69) is 4.90 Å². The molecule has 0 N–H and O–H groups in total. The summed E-state index contributed by atoms with van der Waals surface area (Å²) >= 11 is 0. The van der Waals surface area contributed by atoms with E-state index in [1.165, 1.54) is 27.5 Å². The van der Waals surface area contributed by atoms with Crippen LogP contribution in [0.2, 0.25) is 0 Å². The van der Waals surface area contributed by atoms with E-state index in [0.717, 1.165) is 29.4 Å². The van der Waals surface area contributed by atoms with Gasteiger partial charge < -0.3 is 0 Å². The summed E-state index contributed by atoms with van der Waals surface area (Å²) in [6, 6.07) is 6.97. The Morgan fingerprint density at radius 3 is 2.31 bits per heavy atom. The first kappa shape index (κ1) is 20.1. The van der Waals surface area contributed by atoms with Crippen molar-refractivity contribution in [2.75, 3.05) is 26.2 Å². The fourth-order valence-electron chi connectivity index (χ4n) is 4.14. The second-order valence-corrected chi connectivity index (χ2v) is 9.78. The zero-order valence-corrected chi connectivity index (χ0v) is 17.6. The Morgan fingerprint density at radius 1 is 0.897 bits per heavy atom. The number of benzene rings is 1. The average molecular weight is 419 g/mol. The second kappa shape index (κ2) is 7.55. The number of piperazine rings is 1. The lowest BCUT2D eigenvalue weighted by atomic mass is 10.1. The van der Waals surface area contributed by atoms with E-state index in [9.17, 15) is 18.0 Å². The van der Waals surface area contributed by atoms with Crippen molar-refractivity contribution in [3.63, 3.8) is 0 Å². The highest BCUT2D eigenvalue weighted by molar-refractivity contribution is 7.89. The fraction of sp³-hybridized carbons (Fsp3) is 0.500. The maximum Gasteiger partial charge on any atom is 0.330 e. The van der Waals surface area contributed by atoms with Crippen molar-refractivity contribution < 1.29 is 8.42 Å². The predicted molar refractivity (Wildman–Crippen MR) is 109 cm³/mol. The second-order valence-electron chi connectivity index (χ2n) is 7.84. The van der Waals surface area contributed by atoms with Gasteiger partial charge in [0, 0.05) is 58.6 Å². The average Bonchev–Trinajstić information content (AvgIpc) is 3.19. The molecule has 156 valence electrons. The molecule has 1 aliphatic heterocycles. The summed E-state index contributed by atoms with van der Waals surface area (Å²) < 4.78 is 30.2. The molecular weight excluding hydrogens is 392 g/mol. The lowest BCUT2D eigenvalue weighted by Gasteiger charge is -2.34. The van der Waals surface area contributed by atoms with Crippen molar-refractivity contribution in [1.82, 2.24) is 18.3 Å². The quantitative estimate of drug-likeness (QED) is 0.702. The van der Waals surface area contributed by atoms with Crippen LogP contribution in [0.15, 0.2) is 38.8 Å². The standard InChI is InChI=1S/C20H26N4O4S/c1-21-17(13-19(25)22(2)20(21)26)14-23-8-10-24(11-9-23)29(27,28)18-7-6-15-4-3-5-16(15)12-18/h6-7,12-13H,3-5,8-11,14H2,1-2H3. The first-order valence-electron chi connectivity index (χ1n) is 9.87. The van der Waals surface area contributed by atoms with Crippen molar-refractivity contribution >= 4 is 10.0 Å². The van der Waals surface area contributed by atoms with E-state index in [4.69, 9.17) is 0 Å². The van der Waals surface area contributed by atoms with Gasteiger partial charge in [-0.1, -0.05) is 6.07 Å². The fourth-order valence-corrected chi connectivity index (χ4v) is 5.62. The molecule has 0 atom stereocenters. The number of aromatic nitrogens is 2. The van der Waals surface area contributed by atoms with Crippen LogP contribution in [0.25, 0.3) is 0 Å². The molecule has 8 nitrogen and oxygen atoms in total. The summed E-state index contributed by atoms with van der Waals surface area (Å²) in [6.07, 6.45) is 3.06. The zero-order valence-electron chi connectivity index (χ0n) is 16.8. The summed E-state index contributed by atoms with van der Waals surface area (Å²) in [5, 5.41) is 0. The third kappa shape index (κ3) is 3.70. The van der Waals surface area contributed by atoms with Gasteiger partial charge in [-0.2, -0.15) is 4.31 Å². The van der Waals surface area contributed by atoms with Gasteiger partial charge in [-0.05, 0) is 42.5 Å². The highest BCUT2D eigenvalue weighted by Gasteiger charge is 2.29. The van der Waals surface area contributed by atoms with Gasteiger partial charge in [0.1, 0.15) is 0 Å². The number of aryl methyl sites for hydroxylation is 2. The lowest BCUT2D eigenvalue weighted by Crippen LogP contribution is -2.49. The van der Waals surface area contributed by atoms with Crippen molar-refractivity contribution in [2.45, 2.75) is 30.7 Å². The molecule has 0 radical (unpaired) electrons. The number of hydrogen-bond donors (Lipinski definition) is 0. The van der Waals surface area contributed by atoms with E-state index < -0.39 is 10.0 Å². The summed E-state index contributed by atoms with van der Waals surface area (Å²) in [7, 11) is -0.409. The first-order valence-corrected chi connectivity index (χ1v) is 11.3. The normalized spacial score (nSPS) is 18.1. The van der Waals surface area contributed by atoms with Gasteiger partial charge >= 0.3 is 5.69 Å². The van der Waals surface area contributed by atoms with Crippen molar-refractivity contribution in [1.29, 1.82) is 0 Å². The van der Waals surface area contributed by atoms with E-state index >= 15 is 0 Å². The Morgan fingerprint density at radius 2 is 1.59 bits per heavy atom. The summed E-state index contributed by atoms with van der Waals surface area (Å²) in [4.78, 5) is 26.5. The van der Waals surface area contributed by atoms with Crippen LogP contribution in [0.4, 0.5) is 0 Å². The van der Waals surface area contributed by atoms with E-state index in [0.29, 0.717) is 43.3 Å². The molecule has 0 bridgehead atoms. The van der Waals surface area contributed by atoms with Gasteiger partial charge in [-0.3, -0.25) is 18.8 Å². The van der Waals surface area contributed by atoms with Gasteiger partial charge in [0.25, 0.3) is 5.56 Å². The van der Waals surface area contributed by atoms with Crippen molar-refractivity contribution in [3.05, 3.63) is 61.9 Å². The Bertz CT molecular complexity index is 1160. The Balaban J connectivity index is 1.46. The minimum Gasteiger partial charge on any atom is -0.299 e. The number of hydrogen-bond acceptors (Lipinski definition) is 5. The largest absolute Gasteiger partial charge is 0.330 e. The molecular formula is C20H26N4O4S. The molecule has 1 saturated heterocycles. The summed E-state index contributed by atoms with van der Waals surface area (Å²) in [5.41, 5.74) is 2.35. The third-order valence-corrected chi connectivity index (χ3v) is 7.94. The lowest BCUT2D eigenvalue weighted by molar-refractivity contribution is 0.177. The Kier molecular flexibility index (Phi) is 5.22. The number of rotatable bonds is 4. The molecule has 2 aliphatic rings.